The number of rotatable bonds is 6. The molecule has 5 heteroatoms. The van der Waals surface area contributed by atoms with Gasteiger partial charge in [-0.2, -0.15) is 0 Å². The molecule has 1 aromatic carbocycles. The summed E-state index contributed by atoms with van der Waals surface area (Å²) in [5.41, 5.74) is 1.92. The van der Waals surface area contributed by atoms with Crippen molar-refractivity contribution in [2.45, 2.75) is 0 Å². The monoisotopic (exact) mass is 260 g/mol. The zero-order valence-corrected chi connectivity index (χ0v) is 10.3. The van der Waals surface area contributed by atoms with Crippen LogP contribution in [0.2, 0.25) is 0 Å². The van der Waals surface area contributed by atoms with E-state index in [1.807, 2.05) is 24.3 Å². The predicted molar refractivity (Wildman–Crippen MR) is 69.5 cm³/mol. The molecule has 1 rings (SSSR count). The molecule has 0 atom stereocenters. The van der Waals surface area contributed by atoms with Crippen molar-refractivity contribution in [3.8, 4) is 0 Å². The quantitative estimate of drug-likeness (QED) is 0.370. The number of nitrogens with zero attached hydrogens (tertiary/aromatic N) is 2. The summed E-state index contributed by atoms with van der Waals surface area (Å²) in [5, 5.41) is 11.4. The predicted octanol–water partition coefficient (Wildman–Crippen LogP) is 2.78. The highest BCUT2D eigenvalue weighted by atomic mass is 35.5. The van der Waals surface area contributed by atoms with Gasteiger partial charge in [-0.3, -0.25) is 0 Å². The van der Waals surface area contributed by atoms with E-state index >= 15 is 0 Å². The van der Waals surface area contributed by atoms with Crippen molar-refractivity contribution in [2.24, 2.45) is 5.16 Å². The van der Waals surface area contributed by atoms with Crippen molar-refractivity contribution in [2.75, 3.05) is 29.7 Å². The zero-order valence-electron chi connectivity index (χ0n) is 8.81. The lowest BCUT2D eigenvalue weighted by Gasteiger charge is -2.22. The van der Waals surface area contributed by atoms with Gasteiger partial charge in [0.05, 0.1) is 6.21 Å². The summed E-state index contributed by atoms with van der Waals surface area (Å²) < 4.78 is 0. The Morgan fingerprint density at radius 1 is 1.12 bits per heavy atom. The summed E-state index contributed by atoms with van der Waals surface area (Å²) in [6.07, 6.45) is 1.39. The zero-order chi connectivity index (χ0) is 11.8. The second-order valence-electron chi connectivity index (χ2n) is 3.20. The molecule has 0 heterocycles. The molecule has 0 fully saturated rings. The molecule has 1 N–H and O–H groups in total. The molecule has 0 aromatic heterocycles. The lowest BCUT2D eigenvalue weighted by molar-refractivity contribution is 0.322. The standard InChI is InChI=1S/C11H14Cl2N2O/c12-5-7-15(8-6-13)11-3-1-10(2-4-11)9-14-16/h1-4,9,16H,5-8H2/b14-9+. The van der Waals surface area contributed by atoms with Crippen LogP contribution in [0.4, 0.5) is 5.69 Å². The van der Waals surface area contributed by atoms with Gasteiger partial charge >= 0.3 is 0 Å². The first-order valence-electron chi connectivity index (χ1n) is 4.96. The van der Waals surface area contributed by atoms with E-state index in [1.54, 1.807) is 0 Å². The smallest absolute Gasteiger partial charge is 0.0733 e. The van der Waals surface area contributed by atoms with Crippen LogP contribution < -0.4 is 4.90 Å². The van der Waals surface area contributed by atoms with Crippen LogP contribution in [0.1, 0.15) is 5.56 Å². The van der Waals surface area contributed by atoms with Crippen molar-refractivity contribution in [3.63, 3.8) is 0 Å². The second kappa shape index (κ2) is 7.36. The average Bonchev–Trinajstić information content (AvgIpc) is 2.30. The Hall–Kier alpha value is -0.930. The van der Waals surface area contributed by atoms with Gasteiger partial charge in [-0.1, -0.05) is 17.3 Å². The lowest BCUT2D eigenvalue weighted by Crippen LogP contribution is -2.27. The van der Waals surface area contributed by atoms with E-state index in [9.17, 15) is 0 Å². The number of benzene rings is 1. The van der Waals surface area contributed by atoms with Crippen LogP contribution >= 0.6 is 23.2 Å². The fourth-order valence-electron chi connectivity index (χ4n) is 1.41. The number of halogens is 2. The maximum atomic E-state index is 8.39. The Morgan fingerprint density at radius 2 is 1.69 bits per heavy atom. The molecule has 88 valence electrons. The van der Waals surface area contributed by atoms with Crippen LogP contribution in [0, 0.1) is 0 Å². The molecule has 1 aromatic rings. The van der Waals surface area contributed by atoms with E-state index < -0.39 is 0 Å². The molecule has 0 amide bonds. The number of hydrogen-bond donors (Lipinski definition) is 1. The van der Waals surface area contributed by atoms with Crippen molar-refractivity contribution in [1.82, 2.24) is 0 Å². The average molecular weight is 261 g/mol. The summed E-state index contributed by atoms with van der Waals surface area (Å²) in [6, 6.07) is 7.67. The van der Waals surface area contributed by atoms with Gasteiger partial charge in [-0.05, 0) is 17.7 Å². The van der Waals surface area contributed by atoms with Crippen LogP contribution in [-0.2, 0) is 0 Å². The van der Waals surface area contributed by atoms with Crippen molar-refractivity contribution in [3.05, 3.63) is 29.8 Å². The van der Waals surface area contributed by atoms with E-state index in [-0.39, 0.29) is 0 Å². The number of anilines is 1. The fourth-order valence-corrected chi connectivity index (χ4v) is 1.82. The first-order valence-corrected chi connectivity index (χ1v) is 6.03. The Kier molecular flexibility index (Phi) is 6.04. The minimum atomic E-state index is 0.566. The molecule has 0 saturated carbocycles. The minimum Gasteiger partial charge on any atom is -0.411 e. The summed E-state index contributed by atoms with van der Waals surface area (Å²) >= 11 is 11.4. The molecule has 0 unspecified atom stereocenters. The minimum absolute atomic E-state index is 0.566. The largest absolute Gasteiger partial charge is 0.411 e. The Balaban J connectivity index is 2.76. The van der Waals surface area contributed by atoms with Gasteiger partial charge in [0.25, 0.3) is 0 Å². The van der Waals surface area contributed by atoms with Gasteiger partial charge in [0.2, 0.25) is 0 Å². The van der Waals surface area contributed by atoms with Gasteiger partial charge in [-0.15, -0.1) is 23.2 Å². The van der Waals surface area contributed by atoms with Crippen molar-refractivity contribution >= 4 is 35.1 Å². The van der Waals surface area contributed by atoms with Crippen LogP contribution in [0.25, 0.3) is 0 Å². The summed E-state index contributed by atoms with van der Waals surface area (Å²) in [7, 11) is 0. The maximum Gasteiger partial charge on any atom is 0.0733 e. The third kappa shape index (κ3) is 3.91. The summed E-state index contributed by atoms with van der Waals surface area (Å²) in [6.45, 7) is 1.53. The molecule has 0 aliphatic heterocycles. The van der Waals surface area contributed by atoms with Crippen molar-refractivity contribution < 1.29 is 5.21 Å². The molecule has 0 aliphatic carbocycles. The van der Waals surface area contributed by atoms with Crippen LogP contribution in [0.5, 0.6) is 0 Å². The SMILES string of the molecule is O/N=C/c1ccc(N(CCCl)CCCl)cc1. The van der Waals surface area contributed by atoms with Gasteiger partial charge in [0, 0.05) is 30.5 Å². The van der Waals surface area contributed by atoms with Crippen LogP contribution in [-0.4, -0.2) is 36.3 Å². The number of alkyl halides is 2. The Labute approximate surface area is 105 Å². The van der Waals surface area contributed by atoms with Crippen molar-refractivity contribution in [1.29, 1.82) is 0 Å². The molecular weight excluding hydrogens is 247 g/mol. The first-order chi connectivity index (χ1) is 7.81. The van der Waals surface area contributed by atoms with Gasteiger partial charge in [0.15, 0.2) is 0 Å². The Bertz CT molecular complexity index is 321. The second-order valence-corrected chi connectivity index (χ2v) is 3.96. The molecular formula is C11H14Cl2N2O. The van der Waals surface area contributed by atoms with Gasteiger partial charge in [-0.25, -0.2) is 0 Å². The molecule has 16 heavy (non-hydrogen) atoms. The highest BCUT2D eigenvalue weighted by molar-refractivity contribution is 6.18. The number of hydrogen-bond acceptors (Lipinski definition) is 3. The summed E-state index contributed by atoms with van der Waals surface area (Å²) in [4.78, 5) is 2.11. The molecule has 0 saturated heterocycles. The van der Waals surface area contributed by atoms with E-state index in [0.717, 1.165) is 24.3 Å². The third-order valence-corrected chi connectivity index (χ3v) is 2.51. The number of oxime groups is 1. The third-order valence-electron chi connectivity index (χ3n) is 2.17. The summed E-state index contributed by atoms with van der Waals surface area (Å²) in [5.74, 6) is 1.13. The molecule has 0 spiro atoms. The highest BCUT2D eigenvalue weighted by Crippen LogP contribution is 2.14. The fraction of sp³-hybridized carbons (Fsp3) is 0.364. The van der Waals surface area contributed by atoms with Gasteiger partial charge in [0.1, 0.15) is 0 Å². The molecule has 0 radical (unpaired) electrons. The highest BCUT2D eigenvalue weighted by Gasteiger charge is 2.04. The van der Waals surface area contributed by atoms with E-state index in [0.29, 0.717) is 11.8 Å². The topological polar surface area (TPSA) is 35.8 Å². The van der Waals surface area contributed by atoms with Crippen LogP contribution in [0.15, 0.2) is 29.4 Å². The molecule has 0 bridgehead atoms. The molecule has 0 aliphatic rings. The first kappa shape index (κ1) is 13.1. The van der Waals surface area contributed by atoms with E-state index in [2.05, 4.69) is 10.1 Å². The maximum absolute atomic E-state index is 8.39. The van der Waals surface area contributed by atoms with Gasteiger partial charge < -0.3 is 10.1 Å². The Morgan fingerprint density at radius 3 is 2.12 bits per heavy atom. The van der Waals surface area contributed by atoms with E-state index in [4.69, 9.17) is 28.4 Å². The lowest BCUT2D eigenvalue weighted by atomic mass is 10.2. The van der Waals surface area contributed by atoms with E-state index in [1.165, 1.54) is 6.21 Å². The molecule has 3 nitrogen and oxygen atoms in total. The van der Waals surface area contributed by atoms with Crippen LogP contribution in [0.3, 0.4) is 0 Å². The normalized spacial score (nSPS) is 10.9.